The average Bonchev–Trinajstić information content (AvgIpc) is 2.99. The molecule has 5 heteroatoms. The Labute approximate surface area is 190 Å². The Morgan fingerprint density at radius 1 is 0.903 bits per heavy atom. The molecule has 0 atom stereocenters. The largest absolute Gasteiger partial charge is 0.343 e. The van der Waals surface area contributed by atoms with Crippen LogP contribution in [0.25, 0.3) is 0 Å². The second kappa shape index (κ2) is 9.97. The van der Waals surface area contributed by atoms with Crippen molar-refractivity contribution < 1.29 is 9.59 Å². The Morgan fingerprint density at radius 3 is 2.29 bits per heavy atom. The molecule has 2 aromatic rings. The Kier molecular flexibility index (Phi) is 7.09. The molecule has 2 aromatic carbocycles. The standard InChI is InChI=1S/C26H31ClN2O2/c1-28-14-10-20-2-3-23(18-22(20)11-15-28)25(30)8-9-26(31)29-16-12-21(13-17-29)19-4-6-24(27)7-5-19/h2-7,18,21H,8-17H2,1H3. The highest BCUT2D eigenvalue weighted by Crippen LogP contribution is 2.29. The quantitative estimate of drug-likeness (QED) is 0.633. The number of piperidine rings is 1. The fourth-order valence-electron chi connectivity index (χ4n) is 4.73. The van der Waals surface area contributed by atoms with E-state index in [2.05, 4.69) is 36.2 Å². The number of nitrogens with zero attached hydrogens (tertiary/aromatic N) is 2. The van der Waals surface area contributed by atoms with Crippen molar-refractivity contribution >= 4 is 23.3 Å². The van der Waals surface area contributed by atoms with Gasteiger partial charge in [-0.05, 0) is 73.5 Å². The molecule has 1 saturated heterocycles. The van der Waals surface area contributed by atoms with E-state index in [1.54, 1.807) is 0 Å². The summed E-state index contributed by atoms with van der Waals surface area (Å²) in [7, 11) is 2.14. The lowest BCUT2D eigenvalue weighted by Gasteiger charge is -2.32. The van der Waals surface area contributed by atoms with Crippen LogP contribution in [0.5, 0.6) is 0 Å². The number of likely N-dealkylation sites (tertiary alicyclic amines) is 1. The Hall–Kier alpha value is -2.17. The highest BCUT2D eigenvalue weighted by Gasteiger charge is 2.24. The number of ketones is 1. The molecule has 0 N–H and O–H groups in total. The Balaban J connectivity index is 1.27. The lowest BCUT2D eigenvalue weighted by atomic mass is 9.89. The number of carbonyl (C=O) groups is 2. The normalized spacial score (nSPS) is 17.8. The van der Waals surface area contributed by atoms with Crippen molar-refractivity contribution in [3.8, 4) is 0 Å². The third kappa shape index (κ3) is 5.55. The summed E-state index contributed by atoms with van der Waals surface area (Å²) in [4.78, 5) is 29.7. The van der Waals surface area contributed by atoms with Crippen LogP contribution in [0.2, 0.25) is 5.02 Å². The molecule has 2 aliphatic heterocycles. The Bertz CT molecular complexity index is 933. The minimum atomic E-state index is 0.0739. The van der Waals surface area contributed by atoms with Crippen LogP contribution in [-0.4, -0.2) is 54.7 Å². The highest BCUT2D eigenvalue weighted by molar-refractivity contribution is 6.30. The third-order valence-corrected chi connectivity index (χ3v) is 7.06. The van der Waals surface area contributed by atoms with Crippen LogP contribution in [-0.2, 0) is 17.6 Å². The fourth-order valence-corrected chi connectivity index (χ4v) is 4.86. The third-order valence-electron chi connectivity index (χ3n) is 6.81. The summed E-state index contributed by atoms with van der Waals surface area (Å²) in [5, 5.41) is 0.753. The fraction of sp³-hybridized carbons (Fsp3) is 0.462. The molecule has 0 saturated carbocycles. The van der Waals surface area contributed by atoms with Crippen molar-refractivity contribution in [2.45, 2.75) is 44.4 Å². The molecule has 0 aliphatic carbocycles. The molecule has 2 aliphatic rings. The van der Waals surface area contributed by atoms with Gasteiger partial charge < -0.3 is 9.80 Å². The smallest absolute Gasteiger partial charge is 0.223 e. The zero-order chi connectivity index (χ0) is 21.8. The van der Waals surface area contributed by atoms with Crippen LogP contribution >= 0.6 is 11.6 Å². The van der Waals surface area contributed by atoms with E-state index in [9.17, 15) is 9.59 Å². The highest BCUT2D eigenvalue weighted by atomic mass is 35.5. The van der Waals surface area contributed by atoms with Crippen molar-refractivity contribution in [2.24, 2.45) is 0 Å². The first-order chi connectivity index (χ1) is 15.0. The lowest BCUT2D eigenvalue weighted by molar-refractivity contribution is -0.132. The summed E-state index contributed by atoms with van der Waals surface area (Å²) in [5.74, 6) is 0.644. The molecule has 0 unspecified atom stereocenters. The average molecular weight is 439 g/mol. The van der Waals surface area contributed by atoms with Crippen molar-refractivity contribution in [3.05, 3.63) is 69.7 Å². The summed E-state index contributed by atoms with van der Waals surface area (Å²) in [6.45, 7) is 3.60. The number of likely N-dealkylation sites (N-methyl/N-ethyl adjacent to an activating group) is 1. The summed E-state index contributed by atoms with van der Waals surface area (Å²) >= 11 is 5.99. The van der Waals surface area contributed by atoms with E-state index in [1.165, 1.54) is 16.7 Å². The van der Waals surface area contributed by atoms with Crippen molar-refractivity contribution in [1.29, 1.82) is 0 Å². The maximum absolute atomic E-state index is 12.7. The molecular formula is C26H31ClN2O2. The number of amides is 1. The second-order valence-corrected chi connectivity index (χ2v) is 9.35. The molecule has 0 radical (unpaired) electrons. The van der Waals surface area contributed by atoms with Crippen LogP contribution < -0.4 is 0 Å². The molecular weight excluding hydrogens is 408 g/mol. The lowest BCUT2D eigenvalue weighted by Crippen LogP contribution is -2.38. The van der Waals surface area contributed by atoms with Gasteiger partial charge in [0.25, 0.3) is 0 Å². The number of rotatable bonds is 5. The minimum absolute atomic E-state index is 0.0739. The van der Waals surface area contributed by atoms with Gasteiger partial charge in [-0.25, -0.2) is 0 Å². The van der Waals surface area contributed by atoms with E-state index >= 15 is 0 Å². The van der Waals surface area contributed by atoms with E-state index in [1.807, 2.05) is 23.1 Å². The number of hydrogen-bond acceptors (Lipinski definition) is 3. The van der Waals surface area contributed by atoms with E-state index < -0.39 is 0 Å². The maximum atomic E-state index is 12.7. The monoisotopic (exact) mass is 438 g/mol. The summed E-state index contributed by atoms with van der Waals surface area (Å²) in [6, 6.07) is 14.1. The van der Waals surface area contributed by atoms with Gasteiger partial charge in [0, 0.05) is 49.6 Å². The van der Waals surface area contributed by atoms with Gasteiger partial charge in [-0.3, -0.25) is 9.59 Å². The number of fused-ring (bicyclic) bond motifs is 1. The van der Waals surface area contributed by atoms with E-state index in [0.29, 0.717) is 12.3 Å². The summed E-state index contributed by atoms with van der Waals surface area (Å²) < 4.78 is 0. The van der Waals surface area contributed by atoms with Crippen LogP contribution in [0.3, 0.4) is 0 Å². The Morgan fingerprint density at radius 2 is 1.58 bits per heavy atom. The van der Waals surface area contributed by atoms with Gasteiger partial charge in [-0.2, -0.15) is 0 Å². The molecule has 0 aromatic heterocycles. The zero-order valence-electron chi connectivity index (χ0n) is 18.3. The first kappa shape index (κ1) is 22.0. The van der Waals surface area contributed by atoms with Crippen LogP contribution in [0.15, 0.2) is 42.5 Å². The molecule has 4 nitrogen and oxygen atoms in total. The second-order valence-electron chi connectivity index (χ2n) is 8.92. The maximum Gasteiger partial charge on any atom is 0.223 e. The molecule has 1 fully saturated rings. The predicted molar refractivity (Wildman–Crippen MR) is 125 cm³/mol. The molecule has 31 heavy (non-hydrogen) atoms. The minimum Gasteiger partial charge on any atom is -0.343 e. The number of benzene rings is 2. The first-order valence-electron chi connectivity index (χ1n) is 11.4. The first-order valence-corrected chi connectivity index (χ1v) is 11.7. The number of Topliss-reactive ketones (excluding diaryl/α,β-unsaturated/α-hetero) is 1. The van der Waals surface area contributed by atoms with Gasteiger partial charge in [0.05, 0.1) is 0 Å². The molecule has 4 rings (SSSR count). The molecule has 2 heterocycles. The van der Waals surface area contributed by atoms with E-state index in [0.717, 1.165) is 62.4 Å². The summed E-state index contributed by atoms with van der Waals surface area (Å²) in [6.07, 6.45) is 4.51. The topological polar surface area (TPSA) is 40.6 Å². The number of halogens is 1. The van der Waals surface area contributed by atoms with E-state index in [4.69, 9.17) is 11.6 Å². The SMILES string of the molecule is CN1CCc2ccc(C(=O)CCC(=O)N3CCC(c4ccc(Cl)cc4)CC3)cc2CC1. The zero-order valence-corrected chi connectivity index (χ0v) is 19.0. The van der Waals surface area contributed by atoms with Crippen molar-refractivity contribution in [2.75, 3.05) is 33.2 Å². The van der Waals surface area contributed by atoms with Crippen molar-refractivity contribution in [1.82, 2.24) is 9.80 Å². The molecule has 0 bridgehead atoms. The number of carbonyl (C=O) groups excluding carboxylic acids is 2. The van der Waals surface area contributed by atoms with Gasteiger partial charge in [-0.1, -0.05) is 35.9 Å². The van der Waals surface area contributed by atoms with E-state index in [-0.39, 0.29) is 18.1 Å². The van der Waals surface area contributed by atoms with Gasteiger partial charge in [0.2, 0.25) is 5.91 Å². The molecule has 1 amide bonds. The van der Waals surface area contributed by atoms with Gasteiger partial charge in [0.15, 0.2) is 5.78 Å². The van der Waals surface area contributed by atoms with Crippen LogP contribution in [0, 0.1) is 0 Å². The van der Waals surface area contributed by atoms with Gasteiger partial charge in [-0.15, -0.1) is 0 Å². The number of hydrogen-bond donors (Lipinski definition) is 0. The van der Waals surface area contributed by atoms with Crippen LogP contribution in [0.4, 0.5) is 0 Å². The van der Waals surface area contributed by atoms with Gasteiger partial charge >= 0.3 is 0 Å². The van der Waals surface area contributed by atoms with Gasteiger partial charge in [0.1, 0.15) is 0 Å². The predicted octanol–water partition coefficient (Wildman–Crippen LogP) is 4.74. The van der Waals surface area contributed by atoms with Crippen LogP contribution in [0.1, 0.15) is 58.6 Å². The molecule has 164 valence electrons. The van der Waals surface area contributed by atoms with Crippen molar-refractivity contribution in [3.63, 3.8) is 0 Å². The molecule has 0 spiro atoms. The summed E-state index contributed by atoms with van der Waals surface area (Å²) in [5.41, 5.74) is 4.67.